The normalized spacial score (nSPS) is 18.5. The van der Waals surface area contributed by atoms with Gasteiger partial charge in [-0.25, -0.2) is 38.3 Å². The molecule has 6 aromatic heterocycles. The van der Waals surface area contributed by atoms with Gasteiger partial charge in [0.05, 0.1) is 81.0 Å². The van der Waals surface area contributed by atoms with Gasteiger partial charge < -0.3 is 48.2 Å². The summed E-state index contributed by atoms with van der Waals surface area (Å²) in [5.74, 6) is 1.27. The number of ether oxygens (including phenoxy) is 4. The lowest BCUT2D eigenvalue weighted by molar-refractivity contribution is -0.0424. The highest BCUT2D eigenvalue weighted by molar-refractivity contribution is 6.74. The van der Waals surface area contributed by atoms with E-state index in [-0.39, 0.29) is 22.5 Å². The molecule has 448 valence electrons. The van der Waals surface area contributed by atoms with Crippen LogP contribution in [-0.2, 0) is 41.0 Å². The number of morpholine rings is 2. The van der Waals surface area contributed by atoms with Crippen molar-refractivity contribution in [2.24, 2.45) is 0 Å². The maximum absolute atomic E-state index is 6.72. The molecule has 0 bridgehead atoms. The van der Waals surface area contributed by atoms with Crippen molar-refractivity contribution in [2.45, 2.75) is 142 Å². The summed E-state index contributed by atoms with van der Waals surface area (Å²) < 4.78 is 44.1. The predicted octanol–water partition coefficient (Wildman–Crippen LogP) is 11.6. The van der Waals surface area contributed by atoms with Crippen molar-refractivity contribution in [1.82, 2.24) is 58.7 Å². The monoisotopic (exact) mass is 1180 g/mol. The Bertz CT molecular complexity index is 3310. The van der Waals surface area contributed by atoms with E-state index >= 15 is 0 Å². The van der Waals surface area contributed by atoms with Gasteiger partial charge in [0.1, 0.15) is 18.9 Å². The van der Waals surface area contributed by atoms with Crippen LogP contribution >= 0.6 is 0 Å². The third-order valence-corrected chi connectivity index (χ3v) is 26.5. The largest absolute Gasteiger partial charge is 0.411 e. The fraction of sp³-hybridized carbons (Fsp3) is 0.533. The summed E-state index contributed by atoms with van der Waals surface area (Å²) in [6.07, 6.45) is 16.8. The van der Waals surface area contributed by atoms with E-state index in [0.29, 0.717) is 36.1 Å². The zero-order chi connectivity index (χ0) is 58.6. The lowest BCUT2D eigenvalue weighted by Crippen LogP contribution is -2.40. The minimum absolute atomic E-state index is 0.0836. The molecule has 24 heteroatoms. The summed E-state index contributed by atoms with van der Waals surface area (Å²) in [5, 5.41) is 26.1. The molecule has 0 aliphatic carbocycles. The van der Waals surface area contributed by atoms with Gasteiger partial charge in [0.15, 0.2) is 45.8 Å². The van der Waals surface area contributed by atoms with Crippen molar-refractivity contribution in [2.75, 3.05) is 86.3 Å². The van der Waals surface area contributed by atoms with Crippen molar-refractivity contribution in [3.05, 3.63) is 97.4 Å². The SMILES string of the molecule is CC(C)(C)[Si](C)(C)OCc1c(-c2cnc(Nc3ccc(N4CCOCC4)cc3)c3ncnn23)cnn1C1CCCCO1.CC(C)(C)[Si](C)(C)OCc1nn(C2CCCCO2)cc1-c1cnc(Nc2ccc(N3CCOCC3)cc2)c2ncnn12. The standard InChI is InChI=1S/2C30H42N8O3Si/c1-30(2,3)42(4,5)41-20-25-24(19-37(35-25)27-8-6-7-15-40-27)26-18-31-28(29-32-21-33-38(26)29)34-22-9-11-23(12-10-22)36-13-16-39-17-14-36;1-30(2,3)42(4,5)41-20-26-24(18-33-37(26)27-8-6-7-15-40-27)25-19-31-28(29-32-21-34-38(25)29)35-22-9-11-23(12-10-22)36-13-16-39-17-14-36/h9-12,18-19,21,27H,6-8,13-17,20H2,1-5H3,(H,31,34);9-12,18-19,21,27H,6-8,13-17,20H2,1-5H3,(H,31,35). The molecular formula is C60H84N16O6Si2. The minimum atomic E-state index is -2.02. The molecule has 2 aromatic carbocycles. The van der Waals surface area contributed by atoms with Crippen molar-refractivity contribution >= 4 is 62.3 Å². The van der Waals surface area contributed by atoms with E-state index in [4.69, 9.17) is 48.0 Å². The van der Waals surface area contributed by atoms with E-state index in [1.165, 1.54) is 11.4 Å². The maximum atomic E-state index is 6.72. The van der Waals surface area contributed by atoms with Crippen LogP contribution in [0.1, 0.15) is 104 Å². The van der Waals surface area contributed by atoms with E-state index in [9.17, 15) is 0 Å². The molecule has 2 atom stereocenters. The maximum Gasteiger partial charge on any atom is 0.199 e. The van der Waals surface area contributed by atoms with Crippen LogP contribution < -0.4 is 20.4 Å². The van der Waals surface area contributed by atoms with Gasteiger partial charge in [0, 0.05) is 79.5 Å². The average molecular weight is 1180 g/mol. The number of hydrogen-bond acceptors (Lipinski definition) is 18. The molecule has 0 radical (unpaired) electrons. The van der Waals surface area contributed by atoms with E-state index in [1.54, 1.807) is 12.7 Å². The van der Waals surface area contributed by atoms with Gasteiger partial charge in [0.25, 0.3) is 0 Å². The molecule has 12 rings (SSSR count). The first-order valence-electron chi connectivity index (χ1n) is 29.8. The number of aromatic nitrogens is 12. The number of nitrogens with one attached hydrogen (secondary N) is 2. The zero-order valence-electron chi connectivity index (χ0n) is 50.7. The summed E-state index contributed by atoms with van der Waals surface area (Å²) in [4.78, 5) is 23.4. The summed E-state index contributed by atoms with van der Waals surface area (Å²) in [6, 6.07) is 16.8. The van der Waals surface area contributed by atoms with Gasteiger partial charge in [-0.1, -0.05) is 41.5 Å². The quantitative estimate of drug-likeness (QED) is 0.0862. The molecule has 4 saturated heterocycles. The number of hydrogen-bond donors (Lipinski definition) is 2. The lowest BCUT2D eigenvalue weighted by atomic mass is 10.1. The Morgan fingerprint density at radius 2 is 1.02 bits per heavy atom. The molecule has 2 unspecified atom stereocenters. The smallest absolute Gasteiger partial charge is 0.199 e. The first-order valence-corrected chi connectivity index (χ1v) is 35.7. The second-order valence-corrected chi connectivity index (χ2v) is 34.8. The third-order valence-electron chi connectivity index (χ3n) is 17.5. The Balaban J connectivity index is 0.000000175. The fourth-order valence-electron chi connectivity index (χ4n) is 10.3. The summed E-state index contributed by atoms with van der Waals surface area (Å²) in [7, 11) is -4.02. The number of fused-ring (bicyclic) bond motifs is 2. The minimum Gasteiger partial charge on any atom is -0.411 e. The second-order valence-electron chi connectivity index (χ2n) is 25.2. The van der Waals surface area contributed by atoms with Crippen LogP contribution in [0.5, 0.6) is 0 Å². The summed E-state index contributed by atoms with van der Waals surface area (Å²) >= 11 is 0. The topological polar surface area (TPSA) is 208 Å². The van der Waals surface area contributed by atoms with Gasteiger partial charge in [-0.2, -0.15) is 20.4 Å². The first-order chi connectivity index (χ1) is 40.4. The van der Waals surface area contributed by atoms with Crippen LogP contribution in [-0.4, -0.2) is 141 Å². The molecule has 4 aliphatic rings. The summed E-state index contributed by atoms with van der Waals surface area (Å²) in [6.45, 7) is 31.6. The van der Waals surface area contributed by atoms with Crippen LogP contribution in [0.15, 0.2) is 86.0 Å². The van der Waals surface area contributed by atoms with E-state index < -0.39 is 16.6 Å². The molecular weight excluding hydrogens is 1100 g/mol. The molecule has 0 spiro atoms. The molecule has 0 amide bonds. The molecule has 84 heavy (non-hydrogen) atoms. The fourth-order valence-corrected chi connectivity index (χ4v) is 12.1. The Morgan fingerprint density at radius 3 is 1.50 bits per heavy atom. The van der Waals surface area contributed by atoms with Gasteiger partial charge in [-0.15, -0.1) is 0 Å². The van der Waals surface area contributed by atoms with Crippen LogP contribution in [0.25, 0.3) is 33.8 Å². The average Bonchev–Trinajstić information content (AvgIpc) is 2.80. The van der Waals surface area contributed by atoms with Crippen LogP contribution in [0.2, 0.25) is 36.3 Å². The Morgan fingerprint density at radius 1 is 0.548 bits per heavy atom. The number of rotatable bonds is 16. The van der Waals surface area contributed by atoms with Gasteiger partial charge in [-0.05, 0) is 123 Å². The van der Waals surface area contributed by atoms with Crippen molar-refractivity contribution in [3.8, 4) is 22.5 Å². The van der Waals surface area contributed by atoms with Gasteiger partial charge in [-0.3, -0.25) is 0 Å². The van der Waals surface area contributed by atoms with Crippen molar-refractivity contribution < 1.29 is 27.8 Å². The van der Waals surface area contributed by atoms with Gasteiger partial charge >= 0.3 is 0 Å². The van der Waals surface area contributed by atoms with Crippen LogP contribution in [0, 0.1) is 0 Å². The highest BCUT2D eigenvalue weighted by Gasteiger charge is 2.39. The molecule has 22 nitrogen and oxygen atoms in total. The van der Waals surface area contributed by atoms with Crippen LogP contribution in [0.4, 0.5) is 34.4 Å². The molecule has 8 aromatic rings. The highest BCUT2D eigenvalue weighted by atomic mass is 28.4. The molecule has 4 aliphatic heterocycles. The highest BCUT2D eigenvalue weighted by Crippen LogP contribution is 2.41. The number of nitrogens with zero attached hydrogens (tertiary/aromatic N) is 14. The van der Waals surface area contributed by atoms with Gasteiger partial charge in [0.2, 0.25) is 0 Å². The van der Waals surface area contributed by atoms with E-state index in [1.807, 2.05) is 37.0 Å². The van der Waals surface area contributed by atoms with E-state index in [2.05, 4.69) is 163 Å². The molecule has 10 heterocycles. The molecule has 4 fully saturated rings. The Kier molecular flexibility index (Phi) is 17.7. The van der Waals surface area contributed by atoms with Crippen LogP contribution in [0.3, 0.4) is 0 Å². The Labute approximate surface area is 494 Å². The lowest BCUT2D eigenvalue weighted by Gasteiger charge is -2.36. The van der Waals surface area contributed by atoms with E-state index in [0.717, 1.165) is 150 Å². The first kappa shape index (κ1) is 59.1. The second kappa shape index (κ2) is 25.1. The molecule has 0 saturated carbocycles. The predicted molar refractivity (Wildman–Crippen MR) is 331 cm³/mol. The summed E-state index contributed by atoms with van der Waals surface area (Å²) in [5.41, 5.74) is 10.8. The van der Waals surface area contributed by atoms with Crippen molar-refractivity contribution in [3.63, 3.8) is 0 Å². The zero-order valence-corrected chi connectivity index (χ0v) is 52.7. The molecule has 2 N–H and O–H groups in total. The third kappa shape index (κ3) is 13.1. The Hall–Kier alpha value is -6.65. The number of anilines is 6. The van der Waals surface area contributed by atoms with Crippen molar-refractivity contribution in [1.29, 1.82) is 0 Å². The number of benzene rings is 2.